The van der Waals surface area contributed by atoms with Crippen LogP contribution in [-0.4, -0.2) is 68.4 Å². The minimum Gasteiger partial charge on any atom is -0.492 e. The van der Waals surface area contributed by atoms with Gasteiger partial charge in [-0.2, -0.15) is 4.72 Å². The van der Waals surface area contributed by atoms with Gasteiger partial charge in [0, 0.05) is 43.9 Å². The zero-order valence-corrected chi connectivity index (χ0v) is 26.5. The minimum atomic E-state index is -4.54. The molecule has 2 aromatic carbocycles. The smallest absolute Gasteiger partial charge is 0.340 e. The van der Waals surface area contributed by atoms with E-state index in [0.29, 0.717) is 17.2 Å². The van der Waals surface area contributed by atoms with E-state index in [1.165, 1.54) is 25.1 Å². The molecule has 0 radical (unpaired) electrons. The van der Waals surface area contributed by atoms with Crippen molar-refractivity contribution < 1.29 is 32.2 Å². The molecule has 2 atom stereocenters. The molecule has 3 rings (SSSR count). The summed E-state index contributed by atoms with van der Waals surface area (Å²) in [5, 5.41) is 6.96. The van der Waals surface area contributed by atoms with Gasteiger partial charge in [-0.1, -0.05) is 18.2 Å². The molecule has 232 valence electrons. The summed E-state index contributed by atoms with van der Waals surface area (Å²) in [6.07, 6.45) is 2.14. The molecule has 0 fully saturated rings. The maximum Gasteiger partial charge on any atom is 0.340 e. The first-order valence-corrected chi connectivity index (χ1v) is 15.2. The van der Waals surface area contributed by atoms with E-state index >= 15 is 0 Å². The Morgan fingerprint density at radius 1 is 1.09 bits per heavy atom. The van der Waals surface area contributed by atoms with Crippen LogP contribution in [0.25, 0.3) is 10.9 Å². The van der Waals surface area contributed by atoms with E-state index in [1.54, 1.807) is 34.0 Å². The maximum absolute atomic E-state index is 13.8. The number of thiocarbonyl (C=S) groups is 1. The molecule has 0 bridgehead atoms. The molecule has 43 heavy (non-hydrogen) atoms. The zero-order valence-electron chi connectivity index (χ0n) is 24.9. The average molecular weight is 632 g/mol. The highest BCUT2D eigenvalue weighted by molar-refractivity contribution is 7.89. The molecule has 3 aromatic rings. The normalized spacial score (nSPS) is 13.9. The van der Waals surface area contributed by atoms with Gasteiger partial charge in [-0.05, 0) is 69.7 Å². The number of ether oxygens (including phenoxy) is 3. The first-order chi connectivity index (χ1) is 20.1. The molecule has 0 saturated carbocycles. The van der Waals surface area contributed by atoms with Gasteiger partial charge in [0.15, 0.2) is 10.7 Å². The molecule has 12 nitrogen and oxygen atoms in total. The topological polar surface area (TPSA) is 171 Å². The van der Waals surface area contributed by atoms with Crippen LogP contribution in [0, 0.1) is 0 Å². The number of sulfonamides is 1. The van der Waals surface area contributed by atoms with Gasteiger partial charge in [0.25, 0.3) is 0 Å². The molecule has 0 aliphatic heterocycles. The number of hydrogen-bond donors (Lipinski definition) is 4. The summed E-state index contributed by atoms with van der Waals surface area (Å²) in [4.78, 5) is 29.7. The number of pyridine rings is 1. The van der Waals surface area contributed by atoms with Crippen LogP contribution in [0.4, 0.5) is 5.69 Å². The van der Waals surface area contributed by atoms with Crippen molar-refractivity contribution in [3.8, 4) is 5.75 Å². The van der Waals surface area contributed by atoms with Gasteiger partial charge in [0.1, 0.15) is 22.3 Å². The summed E-state index contributed by atoms with van der Waals surface area (Å²) < 4.78 is 46.5. The van der Waals surface area contributed by atoms with E-state index in [2.05, 4.69) is 20.3 Å². The number of hydrogen-bond acceptors (Lipinski definition) is 9. The van der Waals surface area contributed by atoms with Crippen molar-refractivity contribution in [2.45, 2.75) is 56.3 Å². The van der Waals surface area contributed by atoms with Crippen molar-refractivity contribution in [3.05, 3.63) is 60.3 Å². The van der Waals surface area contributed by atoms with Crippen molar-refractivity contribution in [3.63, 3.8) is 0 Å². The summed E-state index contributed by atoms with van der Waals surface area (Å²) in [6, 6.07) is 11.9. The molecular formula is C29H37N5O7S2. The highest BCUT2D eigenvalue weighted by Gasteiger charge is 2.50. The van der Waals surface area contributed by atoms with E-state index < -0.39 is 39.1 Å². The van der Waals surface area contributed by atoms with Gasteiger partial charge < -0.3 is 30.6 Å². The molecular weight excluding hydrogens is 594 g/mol. The Balaban J connectivity index is 1.97. The largest absolute Gasteiger partial charge is 0.492 e. The second-order valence-electron chi connectivity index (χ2n) is 10.7. The highest BCUT2D eigenvalue weighted by Crippen LogP contribution is 2.30. The number of nitrogens with one attached hydrogen (secondary N) is 3. The van der Waals surface area contributed by atoms with E-state index in [-0.39, 0.29) is 17.3 Å². The van der Waals surface area contributed by atoms with Crippen LogP contribution in [0.5, 0.6) is 5.75 Å². The Labute approximate surface area is 256 Å². The molecule has 14 heteroatoms. The number of fused-ring (bicyclic) bond motifs is 1. The predicted octanol–water partition coefficient (Wildman–Crippen LogP) is 2.65. The highest BCUT2D eigenvalue weighted by atomic mass is 32.2. The number of nitrogens with two attached hydrogens (primary N) is 1. The van der Waals surface area contributed by atoms with E-state index in [0.717, 1.165) is 23.6 Å². The monoisotopic (exact) mass is 631 g/mol. The second kappa shape index (κ2) is 13.6. The Morgan fingerprint density at radius 2 is 1.81 bits per heavy atom. The number of aromatic nitrogens is 1. The molecule has 1 amide bonds. The summed E-state index contributed by atoms with van der Waals surface area (Å²) in [6.45, 7) is 6.19. The van der Waals surface area contributed by atoms with Gasteiger partial charge in [0.05, 0.1) is 12.1 Å². The first kappa shape index (κ1) is 33.6. The molecule has 1 aromatic heterocycles. The average Bonchev–Trinajstić information content (AvgIpc) is 2.94. The van der Waals surface area contributed by atoms with Crippen molar-refractivity contribution in [2.75, 3.05) is 26.1 Å². The van der Waals surface area contributed by atoms with Crippen molar-refractivity contribution in [1.29, 1.82) is 0 Å². The van der Waals surface area contributed by atoms with Crippen LogP contribution in [0.2, 0.25) is 0 Å². The van der Waals surface area contributed by atoms with E-state index in [9.17, 15) is 18.0 Å². The van der Waals surface area contributed by atoms with Gasteiger partial charge in [0.2, 0.25) is 15.9 Å². The van der Waals surface area contributed by atoms with Crippen LogP contribution in [0.15, 0.2) is 59.6 Å². The van der Waals surface area contributed by atoms with Gasteiger partial charge in [-0.3, -0.25) is 9.78 Å². The summed E-state index contributed by atoms with van der Waals surface area (Å²) >= 11 is 5.18. The molecule has 5 N–H and O–H groups in total. The van der Waals surface area contributed by atoms with E-state index in [1.807, 2.05) is 30.3 Å². The summed E-state index contributed by atoms with van der Waals surface area (Å²) in [5.41, 5.74) is 4.78. The Kier molecular flexibility index (Phi) is 10.7. The number of rotatable bonds is 12. The quantitative estimate of drug-likeness (QED) is 0.171. The number of carbonyl (C=O) groups excluding carboxylic acids is 2. The lowest BCUT2D eigenvalue weighted by Crippen LogP contribution is -2.63. The fourth-order valence-electron chi connectivity index (χ4n) is 4.13. The fourth-order valence-corrected chi connectivity index (χ4v) is 5.66. The Hall–Kier alpha value is -3.85. The van der Waals surface area contributed by atoms with Crippen molar-refractivity contribution in [1.82, 2.24) is 15.0 Å². The number of carbonyl (C=O) groups is 2. The molecule has 0 saturated heterocycles. The lowest BCUT2D eigenvalue weighted by Gasteiger charge is -2.35. The standard InChI is InChI=1S/C29H37N5O7S2/c1-28(2,3)41-26(36)29(4,39-6)24(25(30)35)34-43(37,38)23-13-12-19(33-27(42)31-5)17-22(23)40-16-14-18-9-7-11-21-20(18)10-8-15-32-21/h7-13,15,17,24,34H,14,16H2,1-6H3,(H2,30,35)(H2,31,33,42). The van der Waals surface area contributed by atoms with Crippen LogP contribution < -0.4 is 25.8 Å². The van der Waals surface area contributed by atoms with Gasteiger partial charge in [-0.25, -0.2) is 13.2 Å². The summed E-state index contributed by atoms with van der Waals surface area (Å²) in [5.74, 6) is -2.16. The van der Waals surface area contributed by atoms with E-state index in [4.69, 9.17) is 32.2 Å². The number of anilines is 1. The summed E-state index contributed by atoms with van der Waals surface area (Å²) in [7, 11) is -1.75. The number of amides is 1. The maximum atomic E-state index is 13.8. The SMILES string of the molecule is CNC(=S)Nc1ccc(S(=O)(=O)NC(C(N)=O)C(C)(OC)C(=O)OC(C)(C)C)c(OCCc2cccc3ncccc23)c1. The van der Waals surface area contributed by atoms with Gasteiger partial charge >= 0.3 is 5.97 Å². The number of methoxy groups -OCH3 is 1. The lowest BCUT2D eigenvalue weighted by atomic mass is 9.96. The lowest BCUT2D eigenvalue weighted by molar-refractivity contribution is -0.182. The van der Waals surface area contributed by atoms with Crippen LogP contribution >= 0.6 is 12.2 Å². The zero-order chi connectivity index (χ0) is 32.0. The van der Waals surface area contributed by atoms with Crippen molar-refractivity contribution in [2.24, 2.45) is 5.73 Å². The predicted molar refractivity (Wildman–Crippen MR) is 167 cm³/mol. The Morgan fingerprint density at radius 3 is 2.44 bits per heavy atom. The number of nitrogens with zero attached hydrogens (tertiary/aromatic N) is 1. The van der Waals surface area contributed by atoms with Crippen LogP contribution in [-0.2, 0) is 35.5 Å². The number of primary amides is 1. The molecule has 1 heterocycles. The molecule has 2 unspecified atom stereocenters. The third-order valence-corrected chi connectivity index (χ3v) is 8.19. The van der Waals surface area contributed by atoms with Crippen LogP contribution in [0.1, 0.15) is 33.3 Å². The molecule has 0 aliphatic carbocycles. The number of benzene rings is 2. The fraction of sp³-hybridized carbons (Fsp3) is 0.379. The second-order valence-corrected chi connectivity index (χ2v) is 12.8. The first-order valence-electron chi connectivity index (χ1n) is 13.3. The Bertz CT molecular complexity index is 1600. The van der Waals surface area contributed by atoms with Gasteiger partial charge in [-0.15, -0.1) is 0 Å². The molecule has 0 spiro atoms. The number of esters is 1. The third kappa shape index (κ3) is 8.38. The molecule has 0 aliphatic rings. The van der Waals surface area contributed by atoms with Crippen molar-refractivity contribution >= 4 is 55.8 Å². The van der Waals surface area contributed by atoms with Crippen LogP contribution in [0.3, 0.4) is 0 Å². The third-order valence-electron chi connectivity index (χ3n) is 6.42. The minimum absolute atomic E-state index is 0.0330.